The number of halogens is 5. The van der Waals surface area contributed by atoms with Gasteiger partial charge in [-0.25, -0.2) is 0 Å². The molecule has 1 heterocycles. The molecular weight excluding hydrogens is 303 g/mol. The summed E-state index contributed by atoms with van der Waals surface area (Å²) >= 11 is 0. The van der Waals surface area contributed by atoms with Crippen LogP contribution in [0.4, 0.5) is 22.0 Å². The Morgan fingerprint density at radius 2 is 1.81 bits per heavy atom. The number of alkyl halides is 5. The first kappa shape index (κ1) is 17.9. The van der Waals surface area contributed by atoms with E-state index < -0.39 is 36.9 Å². The van der Waals surface area contributed by atoms with Gasteiger partial charge in [0, 0.05) is 0 Å². The SMILES string of the molecule is C=C(C)C(=C)OCC1(C)OCOC(O)(C(F)(F)F)C1(F)F. The highest BCUT2D eigenvalue weighted by Gasteiger charge is 2.79. The molecule has 0 aliphatic carbocycles. The highest BCUT2D eigenvalue weighted by Crippen LogP contribution is 2.52. The van der Waals surface area contributed by atoms with Crippen molar-refractivity contribution in [3.8, 4) is 0 Å². The summed E-state index contributed by atoms with van der Waals surface area (Å²) in [6.45, 7) is 6.80. The van der Waals surface area contributed by atoms with Crippen molar-refractivity contribution in [3.63, 3.8) is 0 Å². The molecule has 2 unspecified atom stereocenters. The van der Waals surface area contributed by atoms with Crippen molar-refractivity contribution in [1.82, 2.24) is 0 Å². The van der Waals surface area contributed by atoms with Gasteiger partial charge in [-0.1, -0.05) is 13.2 Å². The van der Waals surface area contributed by atoms with Gasteiger partial charge in [0.15, 0.2) is 12.4 Å². The predicted octanol–water partition coefficient (Wildman–Crippen LogP) is 2.74. The maximum Gasteiger partial charge on any atom is 0.449 e. The Hall–Kier alpha value is -1.19. The van der Waals surface area contributed by atoms with Crippen molar-refractivity contribution in [3.05, 3.63) is 24.5 Å². The summed E-state index contributed by atoms with van der Waals surface area (Å²) in [7, 11) is 0. The molecule has 0 aromatic rings. The Kier molecular flexibility index (Phi) is 4.44. The average molecular weight is 318 g/mol. The third-order valence-corrected chi connectivity index (χ3v) is 3.12. The molecule has 21 heavy (non-hydrogen) atoms. The first-order valence-electron chi connectivity index (χ1n) is 5.71. The van der Waals surface area contributed by atoms with E-state index in [4.69, 9.17) is 4.74 Å². The van der Waals surface area contributed by atoms with Gasteiger partial charge in [-0.05, 0) is 19.4 Å². The van der Waals surface area contributed by atoms with E-state index in [-0.39, 0.29) is 5.76 Å². The lowest BCUT2D eigenvalue weighted by Crippen LogP contribution is -2.73. The largest absolute Gasteiger partial charge is 0.491 e. The molecule has 4 nitrogen and oxygen atoms in total. The molecule has 1 aliphatic heterocycles. The number of allylic oxidation sites excluding steroid dienone is 1. The maximum atomic E-state index is 14.1. The summed E-state index contributed by atoms with van der Waals surface area (Å²) in [5.74, 6) is -9.56. The molecule has 1 N–H and O–H groups in total. The van der Waals surface area contributed by atoms with E-state index in [1.807, 2.05) is 0 Å². The number of aliphatic hydroxyl groups is 1. The van der Waals surface area contributed by atoms with E-state index in [1.54, 1.807) is 0 Å². The Morgan fingerprint density at radius 1 is 1.29 bits per heavy atom. The van der Waals surface area contributed by atoms with Crippen LogP contribution in [-0.2, 0) is 14.2 Å². The summed E-state index contributed by atoms with van der Waals surface area (Å²) in [6, 6.07) is 0. The highest BCUT2D eigenvalue weighted by molar-refractivity contribution is 5.16. The summed E-state index contributed by atoms with van der Waals surface area (Å²) in [5.41, 5.74) is -2.46. The van der Waals surface area contributed by atoms with E-state index in [2.05, 4.69) is 22.6 Å². The minimum atomic E-state index is -5.72. The molecule has 1 rings (SSSR count). The van der Waals surface area contributed by atoms with Crippen LogP contribution < -0.4 is 0 Å². The van der Waals surface area contributed by atoms with Crippen molar-refractivity contribution in [2.75, 3.05) is 13.4 Å². The van der Waals surface area contributed by atoms with Crippen molar-refractivity contribution in [2.24, 2.45) is 0 Å². The third-order valence-electron chi connectivity index (χ3n) is 3.12. The molecule has 0 saturated carbocycles. The monoisotopic (exact) mass is 318 g/mol. The first-order valence-corrected chi connectivity index (χ1v) is 5.71. The fraction of sp³-hybridized carbons (Fsp3) is 0.667. The van der Waals surface area contributed by atoms with E-state index in [1.165, 1.54) is 6.92 Å². The minimum Gasteiger partial charge on any atom is -0.491 e. The van der Waals surface area contributed by atoms with Crippen LogP contribution in [0.15, 0.2) is 24.5 Å². The zero-order chi connectivity index (χ0) is 16.7. The highest BCUT2D eigenvalue weighted by atomic mass is 19.4. The molecule has 0 amide bonds. The summed E-state index contributed by atoms with van der Waals surface area (Å²) in [6.07, 6.45) is -5.72. The van der Waals surface area contributed by atoms with Crippen LogP contribution in [0.3, 0.4) is 0 Å². The molecule has 0 aromatic heterocycles. The van der Waals surface area contributed by atoms with Crippen LogP contribution in [0.2, 0.25) is 0 Å². The lowest BCUT2D eigenvalue weighted by atomic mass is 9.89. The van der Waals surface area contributed by atoms with Crippen LogP contribution in [0.5, 0.6) is 0 Å². The van der Waals surface area contributed by atoms with Crippen molar-refractivity contribution >= 4 is 0 Å². The second-order valence-corrected chi connectivity index (χ2v) is 4.85. The van der Waals surface area contributed by atoms with Crippen LogP contribution in [0.25, 0.3) is 0 Å². The van der Waals surface area contributed by atoms with E-state index in [0.717, 1.165) is 0 Å². The molecule has 0 bridgehead atoms. The van der Waals surface area contributed by atoms with Gasteiger partial charge in [-0.2, -0.15) is 22.0 Å². The van der Waals surface area contributed by atoms with Crippen molar-refractivity contribution < 1.29 is 41.3 Å². The fourth-order valence-electron chi connectivity index (χ4n) is 1.52. The average Bonchev–Trinajstić information content (AvgIpc) is 2.32. The molecule has 122 valence electrons. The van der Waals surface area contributed by atoms with Gasteiger partial charge in [0.1, 0.15) is 12.4 Å². The van der Waals surface area contributed by atoms with Crippen molar-refractivity contribution in [2.45, 2.75) is 37.3 Å². The van der Waals surface area contributed by atoms with E-state index in [0.29, 0.717) is 12.5 Å². The normalized spacial score (nSPS) is 32.6. The van der Waals surface area contributed by atoms with Crippen LogP contribution in [-0.4, -0.2) is 42.0 Å². The van der Waals surface area contributed by atoms with Crippen LogP contribution in [0.1, 0.15) is 13.8 Å². The Labute approximate surface area is 117 Å². The quantitative estimate of drug-likeness (QED) is 0.492. The van der Waals surface area contributed by atoms with Gasteiger partial charge in [0.25, 0.3) is 0 Å². The Balaban J connectivity index is 3.07. The van der Waals surface area contributed by atoms with Crippen LogP contribution >= 0.6 is 0 Å². The third kappa shape index (κ3) is 2.77. The molecule has 1 saturated heterocycles. The molecule has 1 fully saturated rings. The van der Waals surface area contributed by atoms with E-state index in [9.17, 15) is 27.1 Å². The summed E-state index contributed by atoms with van der Waals surface area (Å²) < 4.78 is 79.5. The molecule has 1 aliphatic rings. The Bertz CT molecular complexity index is 447. The van der Waals surface area contributed by atoms with Gasteiger partial charge >= 0.3 is 17.9 Å². The number of hydrogen-bond acceptors (Lipinski definition) is 4. The zero-order valence-electron chi connectivity index (χ0n) is 11.4. The molecule has 0 spiro atoms. The zero-order valence-corrected chi connectivity index (χ0v) is 11.4. The number of ether oxygens (including phenoxy) is 3. The van der Waals surface area contributed by atoms with Crippen LogP contribution in [0, 0.1) is 0 Å². The maximum absolute atomic E-state index is 14.1. The molecule has 9 heteroatoms. The Morgan fingerprint density at radius 3 is 2.24 bits per heavy atom. The molecule has 0 radical (unpaired) electrons. The summed E-state index contributed by atoms with van der Waals surface area (Å²) in [5, 5.41) is 9.27. The second-order valence-electron chi connectivity index (χ2n) is 4.85. The summed E-state index contributed by atoms with van der Waals surface area (Å²) in [4.78, 5) is 0. The van der Waals surface area contributed by atoms with Gasteiger partial charge < -0.3 is 19.3 Å². The fourth-order valence-corrected chi connectivity index (χ4v) is 1.52. The van der Waals surface area contributed by atoms with Gasteiger partial charge in [-0.3, -0.25) is 0 Å². The van der Waals surface area contributed by atoms with Gasteiger partial charge in [-0.15, -0.1) is 0 Å². The number of rotatable bonds is 4. The molecule has 0 aromatic carbocycles. The van der Waals surface area contributed by atoms with Crippen molar-refractivity contribution in [1.29, 1.82) is 0 Å². The smallest absolute Gasteiger partial charge is 0.449 e. The van der Waals surface area contributed by atoms with E-state index >= 15 is 0 Å². The molecular formula is C12H15F5O4. The standard InChI is InChI=1S/C12H15F5O4/c1-7(2)8(3)19-5-9(4)10(13,14)11(18,12(15,16)17)21-6-20-9/h18H,1,3,5-6H2,2,4H3. The lowest BCUT2D eigenvalue weighted by molar-refractivity contribution is -0.501. The van der Waals surface area contributed by atoms with Gasteiger partial charge in [0.05, 0.1) is 0 Å². The molecule has 2 atom stereocenters. The minimum absolute atomic E-state index is 0.0855. The van der Waals surface area contributed by atoms with Gasteiger partial charge in [0.2, 0.25) is 0 Å². The topological polar surface area (TPSA) is 47.9 Å². The lowest BCUT2D eigenvalue weighted by Gasteiger charge is -2.48. The first-order chi connectivity index (χ1) is 9.28. The predicted molar refractivity (Wildman–Crippen MR) is 61.3 cm³/mol. The number of hydrogen-bond donors (Lipinski definition) is 1. The second kappa shape index (κ2) is 5.22.